The van der Waals surface area contributed by atoms with E-state index in [-0.39, 0.29) is 18.5 Å². The highest BCUT2D eigenvalue weighted by molar-refractivity contribution is 6.03. The van der Waals surface area contributed by atoms with Gasteiger partial charge in [-0.3, -0.25) is 9.36 Å². The molecule has 1 unspecified atom stereocenters. The van der Waals surface area contributed by atoms with Crippen LogP contribution in [0, 0.1) is 0 Å². The number of ether oxygens (including phenoxy) is 1. The normalized spacial score (nSPS) is 15.7. The van der Waals surface area contributed by atoms with E-state index >= 15 is 0 Å². The molecule has 7 nitrogen and oxygen atoms in total. The lowest BCUT2D eigenvalue weighted by atomic mass is 9.98. The van der Waals surface area contributed by atoms with Crippen LogP contribution in [0.15, 0.2) is 93.2 Å². The van der Waals surface area contributed by atoms with Crippen molar-refractivity contribution in [1.82, 2.24) is 9.58 Å². The number of benzene rings is 3. The van der Waals surface area contributed by atoms with Crippen molar-refractivity contribution in [2.45, 2.75) is 19.0 Å². The van der Waals surface area contributed by atoms with Crippen LogP contribution >= 0.6 is 0 Å². The molecule has 0 bridgehead atoms. The minimum absolute atomic E-state index is 0.159. The number of hydrogen-bond donors (Lipinski definition) is 0. The van der Waals surface area contributed by atoms with Gasteiger partial charge in [-0.25, -0.2) is 9.80 Å². The molecule has 1 amide bonds. The van der Waals surface area contributed by atoms with Gasteiger partial charge in [0.15, 0.2) is 5.58 Å². The number of oxazole rings is 1. The molecule has 0 aliphatic carbocycles. The van der Waals surface area contributed by atoms with Gasteiger partial charge in [0.05, 0.1) is 24.4 Å². The van der Waals surface area contributed by atoms with Crippen molar-refractivity contribution < 1.29 is 13.9 Å². The third-order valence-corrected chi connectivity index (χ3v) is 5.64. The maximum absolute atomic E-state index is 13.4. The van der Waals surface area contributed by atoms with E-state index in [9.17, 15) is 9.59 Å². The lowest BCUT2D eigenvalue weighted by Gasteiger charge is -2.22. The van der Waals surface area contributed by atoms with Crippen molar-refractivity contribution in [3.05, 3.63) is 101 Å². The first-order valence-corrected chi connectivity index (χ1v) is 10.3. The van der Waals surface area contributed by atoms with Crippen LogP contribution in [-0.4, -0.2) is 28.3 Å². The highest BCUT2D eigenvalue weighted by Crippen LogP contribution is 2.34. The van der Waals surface area contributed by atoms with Crippen molar-refractivity contribution in [2.24, 2.45) is 5.10 Å². The molecule has 0 radical (unpaired) electrons. The molecule has 32 heavy (non-hydrogen) atoms. The van der Waals surface area contributed by atoms with E-state index in [1.807, 2.05) is 54.6 Å². The number of para-hydroxylation sites is 2. The van der Waals surface area contributed by atoms with Gasteiger partial charge in [0.1, 0.15) is 12.3 Å². The number of hydrogen-bond acceptors (Lipinski definition) is 5. The van der Waals surface area contributed by atoms with Crippen molar-refractivity contribution >= 4 is 22.7 Å². The van der Waals surface area contributed by atoms with Gasteiger partial charge in [-0.05, 0) is 35.4 Å². The van der Waals surface area contributed by atoms with Gasteiger partial charge < -0.3 is 9.15 Å². The van der Waals surface area contributed by atoms with E-state index in [0.717, 1.165) is 22.6 Å². The zero-order chi connectivity index (χ0) is 22.1. The highest BCUT2D eigenvalue weighted by atomic mass is 16.5. The smallest absolute Gasteiger partial charge is 0.420 e. The Hall–Kier alpha value is -4.13. The molecule has 4 aromatic rings. The monoisotopic (exact) mass is 427 g/mol. The Kier molecular flexibility index (Phi) is 5.07. The Morgan fingerprint density at radius 1 is 1.03 bits per heavy atom. The largest absolute Gasteiger partial charge is 0.497 e. The summed E-state index contributed by atoms with van der Waals surface area (Å²) in [6.07, 6.45) is 0.573. The predicted molar refractivity (Wildman–Crippen MR) is 121 cm³/mol. The Morgan fingerprint density at radius 3 is 2.50 bits per heavy atom. The molecule has 0 spiro atoms. The summed E-state index contributed by atoms with van der Waals surface area (Å²) in [7, 11) is 1.62. The number of rotatable bonds is 5. The molecule has 0 saturated carbocycles. The van der Waals surface area contributed by atoms with Gasteiger partial charge in [-0.2, -0.15) is 5.10 Å². The summed E-state index contributed by atoms with van der Waals surface area (Å²) in [5.74, 6) is -0.109. The topological polar surface area (TPSA) is 77.0 Å². The minimum Gasteiger partial charge on any atom is -0.497 e. The number of fused-ring (bicyclic) bond motifs is 1. The number of hydrazone groups is 1. The van der Waals surface area contributed by atoms with E-state index in [4.69, 9.17) is 9.15 Å². The molecular weight excluding hydrogens is 406 g/mol. The summed E-state index contributed by atoms with van der Waals surface area (Å²) in [6.45, 7) is -0.159. The Balaban J connectivity index is 1.50. The van der Waals surface area contributed by atoms with E-state index in [1.165, 1.54) is 9.58 Å². The lowest BCUT2D eigenvalue weighted by Crippen LogP contribution is -2.32. The molecule has 1 aromatic heterocycles. The van der Waals surface area contributed by atoms with Crippen LogP contribution in [0.1, 0.15) is 23.6 Å². The number of aromatic nitrogens is 1. The Bertz CT molecular complexity index is 1350. The molecule has 5 rings (SSSR count). The van der Waals surface area contributed by atoms with Crippen LogP contribution in [-0.2, 0) is 11.3 Å². The van der Waals surface area contributed by atoms with Crippen molar-refractivity contribution in [2.75, 3.05) is 7.11 Å². The number of methoxy groups -OCH3 is 1. The molecule has 3 aromatic carbocycles. The summed E-state index contributed by atoms with van der Waals surface area (Å²) in [4.78, 5) is 25.8. The number of amides is 1. The van der Waals surface area contributed by atoms with Gasteiger partial charge in [0, 0.05) is 6.42 Å². The number of carbonyl (C=O) groups is 1. The summed E-state index contributed by atoms with van der Waals surface area (Å²) >= 11 is 0. The molecule has 0 N–H and O–H groups in total. The number of nitrogens with zero attached hydrogens (tertiary/aromatic N) is 3. The van der Waals surface area contributed by atoms with Gasteiger partial charge in [-0.1, -0.05) is 54.6 Å². The molecular formula is C25H21N3O4. The number of carbonyl (C=O) groups excluding carboxylic acids is 1. The summed E-state index contributed by atoms with van der Waals surface area (Å²) < 4.78 is 11.9. The zero-order valence-electron chi connectivity index (χ0n) is 17.5. The fraction of sp³-hybridized carbons (Fsp3) is 0.160. The van der Waals surface area contributed by atoms with E-state index in [2.05, 4.69) is 5.10 Å². The van der Waals surface area contributed by atoms with E-state index in [1.54, 1.807) is 31.4 Å². The average Bonchev–Trinajstić information content (AvgIpc) is 3.42. The van der Waals surface area contributed by atoms with Crippen molar-refractivity contribution in [3.8, 4) is 5.75 Å². The van der Waals surface area contributed by atoms with Crippen LogP contribution in [0.3, 0.4) is 0 Å². The standard InChI is InChI=1S/C25H21N3O4/c1-31-19-13-11-18(12-14-19)22-15-20(17-7-3-2-4-8-17)26-28(22)24(29)16-27-21-9-5-6-10-23(21)32-25(27)30/h2-14,22H,15-16H2,1H3. The third-order valence-electron chi connectivity index (χ3n) is 5.64. The quantitative estimate of drug-likeness (QED) is 0.483. The molecule has 1 atom stereocenters. The Labute approximate surface area is 184 Å². The molecule has 0 saturated heterocycles. The molecule has 1 aliphatic heterocycles. The Morgan fingerprint density at radius 2 is 1.75 bits per heavy atom. The van der Waals surface area contributed by atoms with Gasteiger partial charge in [0.25, 0.3) is 5.91 Å². The molecule has 1 aliphatic rings. The second-order valence-electron chi connectivity index (χ2n) is 7.57. The van der Waals surface area contributed by atoms with Crippen molar-refractivity contribution in [3.63, 3.8) is 0 Å². The van der Waals surface area contributed by atoms with Crippen LogP contribution < -0.4 is 10.5 Å². The highest BCUT2D eigenvalue weighted by Gasteiger charge is 2.33. The van der Waals surface area contributed by atoms with E-state index in [0.29, 0.717) is 17.5 Å². The fourth-order valence-corrected chi connectivity index (χ4v) is 4.00. The molecule has 7 heteroatoms. The van der Waals surface area contributed by atoms with Crippen LogP contribution in [0.2, 0.25) is 0 Å². The van der Waals surface area contributed by atoms with Gasteiger partial charge in [0.2, 0.25) is 0 Å². The second-order valence-corrected chi connectivity index (χ2v) is 7.57. The third kappa shape index (κ3) is 3.58. The van der Waals surface area contributed by atoms with Gasteiger partial charge >= 0.3 is 5.76 Å². The summed E-state index contributed by atoms with van der Waals surface area (Å²) in [5, 5.41) is 6.16. The maximum Gasteiger partial charge on any atom is 0.420 e. The SMILES string of the molecule is COc1ccc(C2CC(c3ccccc3)=NN2C(=O)Cn2c(=O)oc3ccccc32)cc1. The van der Waals surface area contributed by atoms with Crippen LogP contribution in [0.5, 0.6) is 5.75 Å². The zero-order valence-corrected chi connectivity index (χ0v) is 17.5. The minimum atomic E-state index is -0.563. The molecule has 160 valence electrons. The summed E-state index contributed by atoms with van der Waals surface area (Å²) in [5.41, 5.74) is 3.76. The van der Waals surface area contributed by atoms with Crippen molar-refractivity contribution in [1.29, 1.82) is 0 Å². The first-order chi connectivity index (χ1) is 15.6. The maximum atomic E-state index is 13.4. The average molecular weight is 427 g/mol. The predicted octanol–water partition coefficient (Wildman–Crippen LogP) is 3.98. The first kappa shape index (κ1) is 19.8. The second kappa shape index (κ2) is 8.19. The van der Waals surface area contributed by atoms with Gasteiger partial charge in [-0.15, -0.1) is 0 Å². The fourth-order valence-electron chi connectivity index (χ4n) is 4.00. The molecule has 0 fully saturated rings. The van der Waals surface area contributed by atoms with E-state index < -0.39 is 5.76 Å². The van der Waals surface area contributed by atoms with Crippen LogP contribution in [0.4, 0.5) is 0 Å². The molecule has 2 heterocycles. The van der Waals surface area contributed by atoms with Crippen LogP contribution in [0.25, 0.3) is 11.1 Å². The first-order valence-electron chi connectivity index (χ1n) is 10.3. The summed E-state index contributed by atoms with van der Waals surface area (Å²) in [6, 6.07) is 24.2. The lowest BCUT2D eigenvalue weighted by molar-refractivity contribution is -0.133.